The van der Waals surface area contributed by atoms with Gasteiger partial charge in [0.1, 0.15) is 5.00 Å². The molecular weight excluding hydrogens is 378 g/mol. The SMILES string of the molecule is C=CCNc1nnc(SCC(=O)Nc2sc3c(c2C(N)=O)CCC3)s1. The van der Waals surface area contributed by atoms with E-state index in [0.717, 1.165) is 29.7 Å². The summed E-state index contributed by atoms with van der Waals surface area (Å²) >= 11 is 4.13. The molecule has 0 atom stereocenters. The van der Waals surface area contributed by atoms with E-state index in [1.165, 1.54) is 34.4 Å². The first-order valence-electron chi connectivity index (χ1n) is 7.63. The first-order chi connectivity index (χ1) is 12.1. The number of rotatable bonds is 8. The van der Waals surface area contributed by atoms with Gasteiger partial charge in [0.2, 0.25) is 11.0 Å². The van der Waals surface area contributed by atoms with E-state index in [1.807, 2.05) is 0 Å². The van der Waals surface area contributed by atoms with Gasteiger partial charge in [-0.1, -0.05) is 29.2 Å². The van der Waals surface area contributed by atoms with Gasteiger partial charge in [-0.3, -0.25) is 9.59 Å². The van der Waals surface area contributed by atoms with Crippen molar-refractivity contribution < 1.29 is 9.59 Å². The molecule has 132 valence electrons. The predicted octanol–water partition coefficient (Wildman–Crippen LogP) is 2.52. The van der Waals surface area contributed by atoms with Crippen molar-refractivity contribution >= 4 is 56.4 Å². The Labute approximate surface area is 157 Å². The van der Waals surface area contributed by atoms with Crippen LogP contribution >= 0.6 is 34.4 Å². The number of nitrogens with one attached hydrogen (secondary N) is 2. The summed E-state index contributed by atoms with van der Waals surface area (Å²) in [5, 5.41) is 15.1. The zero-order valence-electron chi connectivity index (χ0n) is 13.3. The van der Waals surface area contributed by atoms with Gasteiger partial charge in [-0.05, 0) is 24.8 Å². The van der Waals surface area contributed by atoms with Crippen LogP contribution in [0.1, 0.15) is 27.2 Å². The normalized spacial score (nSPS) is 12.6. The minimum Gasteiger partial charge on any atom is -0.365 e. The van der Waals surface area contributed by atoms with Crippen LogP contribution in [0.5, 0.6) is 0 Å². The topological polar surface area (TPSA) is 110 Å². The Morgan fingerprint density at radius 2 is 2.16 bits per heavy atom. The van der Waals surface area contributed by atoms with Gasteiger partial charge in [0, 0.05) is 11.4 Å². The van der Waals surface area contributed by atoms with Crippen molar-refractivity contribution in [3.63, 3.8) is 0 Å². The monoisotopic (exact) mass is 395 g/mol. The number of carbonyl (C=O) groups excluding carboxylic acids is 2. The molecule has 0 aliphatic heterocycles. The molecule has 0 spiro atoms. The number of nitrogens with zero attached hydrogens (tertiary/aromatic N) is 2. The lowest BCUT2D eigenvalue weighted by Gasteiger charge is -2.05. The molecule has 0 radical (unpaired) electrons. The number of nitrogens with two attached hydrogens (primary N) is 1. The zero-order chi connectivity index (χ0) is 17.8. The number of hydrogen-bond acceptors (Lipinski definition) is 8. The van der Waals surface area contributed by atoms with E-state index < -0.39 is 5.91 Å². The number of thioether (sulfide) groups is 1. The van der Waals surface area contributed by atoms with Gasteiger partial charge in [0.15, 0.2) is 4.34 Å². The first kappa shape index (κ1) is 17.9. The molecule has 2 amide bonds. The van der Waals surface area contributed by atoms with Crippen LogP contribution in [0.4, 0.5) is 10.1 Å². The molecule has 4 N–H and O–H groups in total. The Hall–Kier alpha value is -1.91. The quantitative estimate of drug-likeness (QED) is 0.468. The summed E-state index contributed by atoms with van der Waals surface area (Å²) in [6.45, 7) is 4.23. The van der Waals surface area contributed by atoms with Crippen molar-refractivity contribution in [2.24, 2.45) is 5.73 Å². The highest BCUT2D eigenvalue weighted by Crippen LogP contribution is 2.39. The van der Waals surface area contributed by atoms with E-state index in [-0.39, 0.29) is 11.7 Å². The minimum atomic E-state index is -0.482. The molecule has 0 saturated heterocycles. The van der Waals surface area contributed by atoms with E-state index in [0.29, 0.717) is 26.6 Å². The average molecular weight is 396 g/mol. The van der Waals surface area contributed by atoms with Crippen LogP contribution < -0.4 is 16.4 Å². The van der Waals surface area contributed by atoms with E-state index in [4.69, 9.17) is 5.73 Å². The van der Waals surface area contributed by atoms with Crippen LogP contribution in [0.3, 0.4) is 0 Å². The molecule has 7 nitrogen and oxygen atoms in total. The van der Waals surface area contributed by atoms with Gasteiger partial charge in [-0.25, -0.2) is 0 Å². The summed E-state index contributed by atoms with van der Waals surface area (Å²) in [4.78, 5) is 25.1. The number of hydrogen-bond donors (Lipinski definition) is 3. The Bertz CT molecular complexity index is 814. The van der Waals surface area contributed by atoms with Crippen LogP contribution in [0.25, 0.3) is 0 Å². The third kappa shape index (κ3) is 4.20. The highest BCUT2D eigenvalue weighted by Gasteiger charge is 2.26. The van der Waals surface area contributed by atoms with Crippen molar-refractivity contribution in [3.8, 4) is 0 Å². The second-order valence-electron chi connectivity index (χ2n) is 5.31. The second kappa shape index (κ2) is 7.98. The molecule has 3 rings (SSSR count). The van der Waals surface area contributed by atoms with Crippen molar-refractivity contribution in [1.29, 1.82) is 0 Å². The van der Waals surface area contributed by atoms with Crippen LogP contribution in [0.15, 0.2) is 17.0 Å². The van der Waals surface area contributed by atoms with Gasteiger partial charge < -0.3 is 16.4 Å². The minimum absolute atomic E-state index is 0.191. The Kier molecular flexibility index (Phi) is 5.71. The third-order valence-electron chi connectivity index (χ3n) is 3.55. The number of fused-ring (bicyclic) bond motifs is 1. The fourth-order valence-corrected chi connectivity index (χ4v) is 5.41. The molecule has 1 aliphatic rings. The number of thiophene rings is 1. The fraction of sp³-hybridized carbons (Fsp3) is 0.333. The zero-order valence-corrected chi connectivity index (χ0v) is 15.8. The first-order valence-corrected chi connectivity index (χ1v) is 10.3. The van der Waals surface area contributed by atoms with Gasteiger partial charge in [-0.15, -0.1) is 28.1 Å². The van der Waals surface area contributed by atoms with E-state index in [9.17, 15) is 9.59 Å². The molecule has 0 aromatic carbocycles. The maximum atomic E-state index is 12.2. The molecule has 2 aromatic rings. The molecule has 1 aliphatic carbocycles. The van der Waals surface area contributed by atoms with Gasteiger partial charge >= 0.3 is 0 Å². The highest BCUT2D eigenvalue weighted by molar-refractivity contribution is 8.01. The van der Waals surface area contributed by atoms with Gasteiger partial charge in [0.25, 0.3) is 5.91 Å². The summed E-state index contributed by atoms with van der Waals surface area (Å²) in [5.41, 5.74) is 6.97. The lowest BCUT2D eigenvalue weighted by atomic mass is 10.1. The van der Waals surface area contributed by atoms with Crippen molar-refractivity contribution in [2.75, 3.05) is 22.9 Å². The molecule has 0 unspecified atom stereocenters. The van der Waals surface area contributed by atoms with E-state index in [2.05, 4.69) is 27.4 Å². The highest BCUT2D eigenvalue weighted by atomic mass is 32.2. The molecule has 2 aromatic heterocycles. The average Bonchev–Trinajstić information content (AvgIpc) is 3.26. The third-order valence-corrected chi connectivity index (χ3v) is 6.77. The number of primary amides is 1. The van der Waals surface area contributed by atoms with Crippen LogP contribution in [-0.4, -0.2) is 34.3 Å². The van der Waals surface area contributed by atoms with Crippen LogP contribution in [0.2, 0.25) is 0 Å². The van der Waals surface area contributed by atoms with Crippen molar-refractivity contribution in [1.82, 2.24) is 10.2 Å². The van der Waals surface area contributed by atoms with E-state index in [1.54, 1.807) is 6.08 Å². The smallest absolute Gasteiger partial charge is 0.251 e. The van der Waals surface area contributed by atoms with E-state index >= 15 is 0 Å². The fourth-order valence-electron chi connectivity index (χ4n) is 2.54. The maximum Gasteiger partial charge on any atom is 0.251 e. The maximum absolute atomic E-state index is 12.2. The Morgan fingerprint density at radius 3 is 2.92 bits per heavy atom. The van der Waals surface area contributed by atoms with Crippen molar-refractivity contribution in [3.05, 3.63) is 28.7 Å². The second-order valence-corrected chi connectivity index (χ2v) is 8.61. The molecule has 0 fully saturated rings. The number of anilines is 2. The van der Waals surface area contributed by atoms with Crippen molar-refractivity contribution in [2.45, 2.75) is 23.6 Å². The summed E-state index contributed by atoms with van der Waals surface area (Å²) in [5.74, 6) is -0.482. The lowest BCUT2D eigenvalue weighted by Crippen LogP contribution is -2.18. The summed E-state index contributed by atoms with van der Waals surface area (Å²) in [6.07, 6.45) is 4.55. The number of amides is 2. The largest absolute Gasteiger partial charge is 0.365 e. The summed E-state index contributed by atoms with van der Waals surface area (Å²) in [7, 11) is 0. The summed E-state index contributed by atoms with van der Waals surface area (Å²) < 4.78 is 0.700. The molecule has 25 heavy (non-hydrogen) atoms. The molecular formula is C15H17N5O2S3. The molecule has 0 bridgehead atoms. The van der Waals surface area contributed by atoms with Crippen LogP contribution in [-0.2, 0) is 17.6 Å². The van der Waals surface area contributed by atoms with Crippen LogP contribution in [0, 0.1) is 0 Å². The summed E-state index contributed by atoms with van der Waals surface area (Å²) in [6, 6.07) is 0. The predicted molar refractivity (Wildman–Crippen MR) is 103 cm³/mol. The number of carbonyl (C=O) groups is 2. The molecule has 0 saturated carbocycles. The Morgan fingerprint density at radius 1 is 1.32 bits per heavy atom. The van der Waals surface area contributed by atoms with Gasteiger partial charge in [0.05, 0.1) is 11.3 Å². The van der Waals surface area contributed by atoms with Gasteiger partial charge in [-0.2, -0.15) is 0 Å². The number of aryl methyl sites for hydroxylation is 1. The Balaban J connectivity index is 1.59. The molecule has 2 heterocycles. The number of aromatic nitrogens is 2. The molecule has 10 heteroatoms. The standard InChI is InChI=1S/C15H17N5O2S3/c1-2-6-17-14-19-20-15(25-14)23-7-10(21)18-13-11(12(16)22)8-4-3-5-9(8)24-13/h2H,1,3-7H2,(H2,16,22)(H,17,19)(H,18,21). The lowest BCUT2D eigenvalue weighted by molar-refractivity contribution is -0.113.